The van der Waals surface area contributed by atoms with E-state index in [-0.39, 0.29) is 0 Å². The fourth-order valence-corrected chi connectivity index (χ4v) is 2.64. The Kier molecular flexibility index (Phi) is 5.17. The number of nitrogens with zero attached hydrogens (tertiary/aromatic N) is 1. The van der Waals surface area contributed by atoms with Gasteiger partial charge < -0.3 is 5.32 Å². The maximum Gasteiger partial charge on any atom is 0.144 e. The van der Waals surface area contributed by atoms with Crippen LogP contribution in [0.25, 0.3) is 0 Å². The van der Waals surface area contributed by atoms with Gasteiger partial charge in [-0.3, -0.25) is 0 Å². The average Bonchev–Trinajstić information content (AvgIpc) is 2.38. The minimum atomic E-state index is 0.546. The minimum Gasteiger partial charge on any atom is -0.368 e. The number of anilines is 1. The predicted molar refractivity (Wildman–Crippen MR) is 79.9 cm³/mol. The topological polar surface area (TPSA) is 24.9 Å². The maximum atomic E-state index is 6.01. The molecule has 5 heteroatoms. The van der Waals surface area contributed by atoms with Crippen molar-refractivity contribution in [2.75, 3.05) is 17.6 Å². The maximum absolute atomic E-state index is 6.01. The van der Waals surface area contributed by atoms with Crippen LogP contribution in [-0.2, 0) is 0 Å². The van der Waals surface area contributed by atoms with Crippen LogP contribution in [0, 0.1) is 0 Å². The molecule has 1 heterocycles. The fraction of sp³-hybridized carbons (Fsp3) is 0.154. The van der Waals surface area contributed by atoms with Gasteiger partial charge >= 0.3 is 0 Å². The number of pyridine rings is 1. The van der Waals surface area contributed by atoms with Crippen molar-refractivity contribution in [2.45, 2.75) is 4.90 Å². The molecule has 0 saturated carbocycles. The SMILES string of the molecule is Clc1cnc(NCCSc2ccccc2)c(Cl)c1. The van der Waals surface area contributed by atoms with Crippen LogP contribution in [0.15, 0.2) is 47.5 Å². The van der Waals surface area contributed by atoms with E-state index in [9.17, 15) is 0 Å². The van der Waals surface area contributed by atoms with Crippen molar-refractivity contribution >= 4 is 40.8 Å². The molecule has 2 aromatic rings. The third-order valence-electron chi connectivity index (χ3n) is 2.21. The third-order valence-corrected chi connectivity index (χ3v) is 3.72. The number of nitrogens with one attached hydrogen (secondary N) is 1. The van der Waals surface area contributed by atoms with Gasteiger partial charge in [-0.2, -0.15) is 0 Å². The van der Waals surface area contributed by atoms with Crippen LogP contribution in [0.4, 0.5) is 5.82 Å². The molecule has 0 aliphatic carbocycles. The van der Waals surface area contributed by atoms with Crippen LogP contribution in [0.5, 0.6) is 0 Å². The highest BCUT2D eigenvalue weighted by Gasteiger charge is 2.01. The highest BCUT2D eigenvalue weighted by atomic mass is 35.5. The van der Waals surface area contributed by atoms with Gasteiger partial charge in [-0.25, -0.2) is 4.98 Å². The number of thioether (sulfide) groups is 1. The van der Waals surface area contributed by atoms with E-state index in [0.717, 1.165) is 12.3 Å². The van der Waals surface area contributed by atoms with Crippen LogP contribution in [0.1, 0.15) is 0 Å². The summed E-state index contributed by atoms with van der Waals surface area (Å²) in [5.41, 5.74) is 0. The van der Waals surface area contributed by atoms with Crippen molar-refractivity contribution in [3.8, 4) is 0 Å². The quantitative estimate of drug-likeness (QED) is 0.645. The minimum absolute atomic E-state index is 0.546. The summed E-state index contributed by atoms with van der Waals surface area (Å²) in [5, 5.41) is 4.28. The summed E-state index contributed by atoms with van der Waals surface area (Å²) < 4.78 is 0. The zero-order chi connectivity index (χ0) is 12.8. The van der Waals surface area contributed by atoms with Crippen molar-refractivity contribution < 1.29 is 0 Å². The van der Waals surface area contributed by atoms with Gasteiger partial charge in [0, 0.05) is 23.4 Å². The summed E-state index contributed by atoms with van der Waals surface area (Å²) >= 11 is 13.6. The smallest absolute Gasteiger partial charge is 0.144 e. The zero-order valence-electron chi connectivity index (χ0n) is 9.57. The largest absolute Gasteiger partial charge is 0.368 e. The highest BCUT2D eigenvalue weighted by molar-refractivity contribution is 7.99. The molecular weight excluding hydrogens is 287 g/mol. The summed E-state index contributed by atoms with van der Waals surface area (Å²) in [7, 11) is 0. The van der Waals surface area contributed by atoms with Crippen LogP contribution in [0.2, 0.25) is 10.0 Å². The van der Waals surface area contributed by atoms with Gasteiger partial charge in [-0.05, 0) is 18.2 Å². The molecule has 0 atom stereocenters. The molecule has 2 nitrogen and oxygen atoms in total. The summed E-state index contributed by atoms with van der Waals surface area (Å²) in [6.45, 7) is 0.800. The van der Waals surface area contributed by atoms with E-state index < -0.39 is 0 Å². The van der Waals surface area contributed by atoms with E-state index in [1.807, 2.05) is 18.2 Å². The van der Waals surface area contributed by atoms with E-state index in [4.69, 9.17) is 23.2 Å². The van der Waals surface area contributed by atoms with Crippen molar-refractivity contribution in [3.63, 3.8) is 0 Å². The van der Waals surface area contributed by atoms with E-state index in [0.29, 0.717) is 15.9 Å². The predicted octanol–water partition coefficient (Wildman–Crippen LogP) is 4.59. The first-order chi connectivity index (χ1) is 8.75. The zero-order valence-corrected chi connectivity index (χ0v) is 11.9. The van der Waals surface area contributed by atoms with E-state index in [1.165, 1.54) is 4.90 Å². The molecular formula is C13H12Cl2N2S. The van der Waals surface area contributed by atoms with Crippen molar-refractivity contribution in [3.05, 3.63) is 52.6 Å². The normalized spacial score (nSPS) is 10.3. The second-order valence-corrected chi connectivity index (χ2v) is 5.58. The summed E-state index contributed by atoms with van der Waals surface area (Å²) in [5.74, 6) is 1.62. The van der Waals surface area contributed by atoms with E-state index >= 15 is 0 Å². The molecule has 2 rings (SSSR count). The molecule has 0 aliphatic rings. The molecule has 18 heavy (non-hydrogen) atoms. The van der Waals surface area contributed by atoms with Crippen LogP contribution in [-0.4, -0.2) is 17.3 Å². The molecule has 0 radical (unpaired) electrons. The lowest BCUT2D eigenvalue weighted by Gasteiger charge is -2.07. The highest BCUT2D eigenvalue weighted by Crippen LogP contribution is 2.23. The Morgan fingerprint density at radius 3 is 2.67 bits per heavy atom. The molecule has 94 valence electrons. The molecule has 0 saturated heterocycles. The number of hydrogen-bond donors (Lipinski definition) is 1. The summed E-state index contributed by atoms with van der Waals surface area (Å²) in [6, 6.07) is 12.0. The Labute approximate surface area is 121 Å². The number of rotatable bonds is 5. The van der Waals surface area contributed by atoms with Gasteiger partial charge in [0.15, 0.2) is 0 Å². The van der Waals surface area contributed by atoms with Gasteiger partial charge in [-0.15, -0.1) is 11.8 Å². The molecule has 0 spiro atoms. The van der Waals surface area contributed by atoms with Gasteiger partial charge in [0.25, 0.3) is 0 Å². The van der Waals surface area contributed by atoms with E-state index in [2.05, 4.69) is 22.4 Å². The molecule has 0 aliphatic heterocycles. The Morgan fingerprint density at radius 2 is 1.94 bits per heavy atom. The Morgan fingerprint density at radius 1 is 1.17 bits per heavy atom. The second kappa shape index (κ2) is 6.88. The number of benzene rings is 1. The van der Waals surface area contributed by atoms with Crippen molar-refractivity contribution in [2.24, 2.45) is 0 Å². The van der Waals surface area contributed by atoms with Crippen molar-refractivity contribution in [1.29, 1.82) is 0 Å². The molecule has 0 fully saturated rings. The van der Waals surface area contributed by atoms with Gasteiger partial charge in [0.2, 0.25) is 0 Å². The molecule has 1 N–H and O–H groups in total. The fourth-order valence-electron chi connectivity index (χ4n) is 1.40. The first-order valence-corrected chi connectivity index (χ1v) is 7.22. The van der Waals surface area contributed by atoms with Crippen molar-refractivity contribution in [1.82, 2.24) is 4.98 Å². The Hall–Kier alpha value is -0.900. The number of hydrogen-bond acceptors (Lipinski definition) is 3. The van der Waals surface area contributed by atoms with Crippen LogP contribution >= 0.6 is 35.0 Å². The first kappa shape index (κ1) is 13.5. The van der Waals surface area contributed by atoms with Crippen LogP contribution in [0.3, 0.4) is 0 Å². The Balaban J connectivity index is 1.79. The molecule has 0 unspecified atom stereocenters. The number of aromatic nitrogens is 1. The van der Waals surface area contributed by atoms with Gasteiger partial charge in [0.05, 0.1) is 10.0 Å². The molecule has 0 amide bonds. The van der Waals surface area contributed by atoms with Gasteiger partial charge in [0.1, 0.15) is 5.82 Å². The summed E-state index contributed by atoms with van der Waals surface area (Å²) in [4.78, 5) is 5.40. The monoisotopic (exact) mass is 298 g/mol. The lowest BCUT2D eigenvalue weighted by Crippen LogP contribution is -2.05. The van der Waals surface area contributed by atoms with E-state index in [1.54, 1.807) is 24.0 Å². The second-order valence-electron chi connectivity index (χ2n) is 3.57. The molecule has 1 aromatic carbocycles. The Bertz CT molecular complexity index is 506. The molecule has 1 aromatic heterocycles. The standard InChI is InChI=1S/C13H12Cl2N2S/c14-10-8-12(15)13(17-9-10)16-6-7-18-11-4-2-1-3-5-11/h1-5,8-9H,6-7H2,(H,16,17). The number of halogens is 2. The summed E-state index contributed by atoms with van der Waals surface area (Å²) in [6.07, 6.45) is 1.58. The lowest BCUT2D eigenvalue weighted by atomic mass is 10.4. The third kappa shape index (κ3) is 4.09. The van der Waals surface area contributed by atoms with Crippen LogP contribution < -0.4 is 5.32 Å². The first-order valence-electron chi connectivity index (χ1n) is 5.48. The molecule has 0 bridgehead atoms. The lowest BCUT2D eigenvalue weighted by molar-refractivity contribution is 1.17. The van der Waals surface area contributed by atoms with Gasteiger partial charge in [-0.1, -0.05) is 41.4 Å². The average molecular weight is 299 g/mol.